The van der Waals surface area contributed by atoms with Crippen LogP contribution < -0.4 is 24.8 Å². The van der Waals surface area contributed by atoms with Crippen molar-refractivity contribution in [3.05, 3.63) is 131 Å². The van der Waals surface area contributed by atoms with Gasteiger partial charge in [-0.2, -0.15) is 0 Å². The second kappa shape index (κ2) is 14.8. The third-order valence-corrected chi connectivity index (χ3v) is 6.33. The highest BCUT2D eigenvalue weighted by Gasteiger charge is 2.16. The van der Waals surface area contributed by atoms with Crippen LogP contribution in [-0.4, -0.2) is 38.4 Å². The maximum Gasteiger partial charge on any atom is 0.272 e. The Bertz CT molecular complexity index is 1640. The van der Waals surface area contributed by atoms with Crippen molar-refractivity contribution in [3.8, 4) is 17.2 Å². The minimum Gasteiger partial charge on any atom is -0.497 e. The number of para-hydroxylation sites is 1. The lowest BCUT2D eigenvalue weighted by Crippen LogP contribution is -2.30. The number of nitrogens with one attached hydrogen (secondary N) is 2. The SMILES string of the molecule is CCOc1ccccc1/C=C(\NC(=O)c1ccccc1)C(=O)Nc1ccc(C(=O)/C=C/c2cc(OC)ccc2OC)cc1. The quantitative estimate of drug-likeness (QED) is 0.149. The fraction of sp³-hybridized carbons (Fsp3) is 0.114. The van der Waals surface area contributed by atoms with Crippen molar-refractivity contribution in [2.24, 2.45) is 0 Å². The van der Waals surface area contributed by atoms with Crippen molar-refractivity contribution < 1.29 is 28.6 Å². The maximum atomic E-state index is 13.4. The summed E-state index contributed by atoms with van der Waals surface area (Å²) in [6.07, 6.45) is 4.67. The Morgan fingerprint density at radius 3 is 2.16 bits per heavy atom. The molecule has 8 heteroatoms. The molecule has 0 unspecified atom stereocenters. The summed E-state index contributed by atoms with van der Waals surface area (Å²) in [5, 5.41) is 5.52. The number of ketones is 1. The van der Waals surface area contributed by atoms with Crippen LogP contribution in [0, 0.1) is 0 Å². The van der Waals surface area contributed by atoms with E-state index >= 15 is 0 Å². The van der Waals surface area contributed by atoms with E-state index < -0.39 is 11.8 Å². The fourth-order valence-electron chi connectivity index (χ4n) is 4.13. The molecule has 0 aliphatic carbocycles. The van der Waals surface area contributed by atoms with E-state index in [1.165, 1.54) is 6.08 Å². The first-order valence-electron chi connectivity index (χ1n) is 13.6. The summed E-state index contributed by atoms with van der Waals surface area (Å²) in [5.74, 6) is 0.617. The van der Waals surface area contributed by atoms with Gasteiger partial charge in [-0.25, -0.2) is 0 Å². The molecule has 0 heterocycles. The molecule has 2 amide bonds. The van der Waals surface area contributed by atoms with Crippen LogP contribution in [0.2, 0.25) is 0 Å². The minimum absolute atomic E-state index is 0.0244. The normalized spacial score (nSPS) is 11.1. The number of ether oxygens (including phenoxy) is 3. The Morgan fingerprint density at radius 1 is 0.744 bits per heavy atom. The molecule has 4 aromatic carbocycles. The molecule has 0 atom stereocenters. The molecule has 0 spiro atoms. The molecule has 4 rings (SSSR count). The van der Waals surface area contributed by atoms with E-state index in [0.717, 1.165) is 0 Å². The monoisotopic (exact) mass is 576 g/mol. The molecule has 0 aliphatic heterocycles. The van der Waals surface area contributed by atoms with Gasteiger partial charge in [-0.15, -0.1) is 0 Å². The summed E-state index contributed by atoms with van der Waals surface area (Å²) < 4.78 is 16.3. The predicted octanol–water partition coefficient (Wildman–Crippen LogP) is 6.41. The number of hydrogen-bond acceptors (Lipinski definition) is 6. The molecule has 0 saturated carbocycles. The molecular weight excluding hydrogens is 544 g/mol. The van der Waals surface area contributed by atoms with Crippen LogP contribution >= 0.6 is 0 Å². The highest BCUT2D eigenvalue weighted by Crippen LogP contribution is 2.25. The van der Waals surface area contributed by atoms with Gasteiger partial charge in [-0.3, -0.25) is 14.4 Å². The third-order valence-electron chi connectivity index (χ3n) is 6.33. The first kappa shape index (κ1) is 30.3. The van der Waals surface area contributed by atoms with E-state index in [1.807, 2.05) is 19.1 Å². The summed E-state index contributed by atoms with van der Waals surface area (Å²) in [5.41, 5.74) is 2.62. The Morgan fingerprint density at radius 2 is 1.47 bits per heavy atom. The van der Waals surface area contributed by atoms with Crippen molar-refractivity contribution in [1.82, 2.24) is 5.32 Å². The van der Waals surface area contributed by atoms with Gasteiger partial charge in [-0.05, 0) is 85.8 Å². The molecule has 218 valence electrons. The summed E-state index contributed by atoms with van der Waals surface area (Å²) in [4.78, 5) is 39.2. The average Bonchev–Trinajstić information content (AvgIpc) is 3.04. The van der Waals surface area contributed by atoms with Crippen LogP contribution in [0.1, 0.15) is 38.8 Å². The van der Waals surface area contributed by atoms with Gasteiger partial charge in [0.1, 0.15) is 22.9 Å². The second-order valence-corrected chi connectivity index (χ2v) is 9.19. The van der Waals surface area contributed by atoms with Crippen LogP contribution in [-0.2, 0) is 4.79 Å². The molecule has 2 N–H and O–H groups in total. The van der Waals surface area contributed by atoms with E-state index in [-0.39, 0.29) is 11.5 Å². The minimum atomic E-state index is -0.542. The molecule has 43 heavy (non-hydrogen) atoms. The number of hydrogen-bond donors (Lipinski definition) is 2. The first-order valence-corrected chi connectivity index (χ1v) is 13.6. The molecule has 4 aromatic rings. The highest BCUT2D eigenvalue weighted by atomic mass is 16.5. The zero-order valence-corrected chi connectivity index (χ0v) is 24.1. The fourth-order valence-corrected chi connectivity index (χ4v) is 4.13. The van der Waals surface area contributed by atoms with Crippen molar-refractivity contribution in [2.45, 2.75) is 6.92 Å². The zero-order chi connectivity index (χ0) is 30.6. The number of rotatable bonds is 12. The molecular formula is C35H32N2O6. The van der Waals surface area contributed by atoms with Crippen LogP contribution in [0.25, 0.3) is 12.2 Å². The second-order valence-electron chi connectivity index (χ2n) is 9.19. The summed E-state index contributed by atoms with van der Waals surface area (Å²) in [7, 11) is 3.12. The lowest BCUT2D eigenvalue weighted by molar-refractivity contribution is -0.113. The number of anilines is 1. The number of benzene rings is 4. The summed E-state index contributed by atoms with van der Waals surface area (Å²) in [6.45, 7) is 2.31. The van der Waals surface area contributed by atoms with Crippen LogP contribution in [0.3, 0.4) is 0 Å². The molecule has 0 fully saturated rings. The topological polar surface area (TPSA) is 103 Å². The number of carbonyl (C=O) groups is 3. The molecule has 0 aromatic heterocycles. The van der Waals surface area contributed by atoms with E-state index in [1.54, 1.807) is 111 Å². The van der Waals surface area contributed by atoms with Gasteiger partial charge < -0.3 is 24.8 Å². The van der Waals surface area contributed by atoms with Crippen LogP contribution in [0.15, 0.2) is 109 Å². The van der Waals surface area contributed by atoms with E-state index in [0.29, 0.717) is 51.8 Å². The Kier molecular flexibility index (Phi) is 10.5. The Labute approximate surface area is 250 Å². The highest BCUT2D eigenvalue weighted by molar-refractivity contribution is 6.11. The van der Waals surface area contributed by atoms with Crippen LogP contribution in [0.4, 0.5) is 5.69 Å². The number of allylic oxidation sites excluding steroid dienone is 1. The van der Waals surface area contributed by atoms with Crippen molar-refractivity contribution in [1.29, 1.82) is 0 Å². The third kappa shape index (κ3) is 8.20. The van der Waals surface area contributed by atoms with Gasteiger partial charge >= 0.3 is 0 Å². The van der Waals surface area contributed by atoms with Crippen molar-refractivity contribution >= 4 is 35.4 Å². The Balaban J connectivity index is 1.53. The first-order chi connectivity index (χ1) is 20.9. The largest absolute Gasteiger partial charge is 0.497 e. The smallest absolute Gasteiger partial charge is 0.272 e. The van der Waals surface area contributed by atoms with E-state index in [9.17, 15) is 14.4 Å². The van der Waals surface area contributed by atoms with Gasteiger partial charge in [0.25, 0.3) is 11.8 Å². The van der Waals surface area contributed by atoms with Gasteiger partial charge in [-0.1, -0.05) is 36.4 Å². The van der Waals surface area contributed by atoms with Gasteiger partial charge in [0.2, 0.25) is 0 Å². The van der Waals surface area contributed by atoms with Crippen LogP contribution in [0.5, 0.6) is 17.2 Å². The van der Waals surface area contributed by atoms with E-state index in [2.05, 4.69) is 10.6 Å². The lowest BCUT2D eigenvalue weighted by atomic mass is 10.1. The number of carbonyl (C=O) groups excluding carboxylic acids is 3. The van der Waals surface area contributed by atoms with E-state index in [4.69, 9.17) is 14.2 Å². The van der Waals surface area contributed by atoms with Gasteiger partial charge in [0.05, 0.1) is 20.8 Å². The predicted molar refractivity (Wildman–Crippen MR) is 167 cm³/mol. The van der Waals surface area contributed by atoms with Gasteiger partial charge in [0, 0.05) is 27.9 Å². The molecule has 0 saturated heterocycles. The standard InChI is InChI=1S/C35H32N2O6/c1-4-43-33-13-9-8-12-26(33)23-30(37-34(39)25-10-6-5-7-11-25)35(40)36-28-17-14-24(15-18-28)31(38)20-16-27-22-29(41-2)19-21-32(27)42-3/h5-23H,4H2,1-3H3,(H,36,40)(H,37,39)/b20-16+,30-23-. The molecule has 0 bridgehead atoms. The average molecular weight is 577 g/mol. The zero-order valence-electron chi connectivity index (χ0n) is 24.1. The van der Waals surface area contributed by atoms with Gasteiger partial charge in [0.15, 0.2) is 5.78 Å². The summed E-state index contributed by atoms with van der Waals surface area (Å²) in [6, 6.07) is 27.6. The lowest BCUT2D eigenvalue weighted by Gasteiger charge is -2.13. The maximum absolute atomic E-state index is 13.4. The summed E-state index contributed by atoms with van der Waals surface area (Å²) >= 11 is 0. The molecule has 0 radical (unpaired) electrons. The molecule has 8 nitrogen and oxygen atoms in total. The number of methoxy groups -OCH3 is 2. The number of amides is 2. The molecule has 0 aliphatic rings. The Hall–Kier alpha value is -5.63. The van der Waals surface area contributed by atoms with Crippen molar-refractivity contribution in [2.75, 3.05) is 26.1 Å². The van der Waals surface area contributed by atoms with Crippen molar-refractivity contribution in [3.63, 3.8) is 0 Å².